The van der Waals surface area contributed by atoms with Gasteiger partial charge in [0.05, 0.1) is 27.1 Å². The average Bonchev–Trinajstić information content (AvgIpc) is 3.81. The number of anilines is 3. The van der Waals surface area contributed by atoms with E-state index in [-0.39, 0.29) is 0 Å². The van der Waals surface area contributed by atoms with Crippen LogP contribution in [-0.4, -0.2) is 0 Å². The van der Waals surface area contributed by atoms with E-state index in [0.29, 0.717) is 0 Å². The zero-order valence-electron chi connectivity index (χ0n) is 24.6. The Bertz CT molecular complexity index is 2770. The van der Waals surface area contributed by atoms with Gasteiger partial charge in [-0.05, 0) is 47.5 Å². The van der Waals surface area contributed by atoms with E-state index in [0.717, 1.165) is 60.9 Å². The first-order valence-corrected chi connectivity index (χ1v) is 16.3. The lowest BCUT2D eigenvalue weighted by Gasteiger charge is -2.26. The summed E-state index contributed by atoms with van der Waals surface area (Å²) in [5, 5.41) is 6.87. The topological polar surface area (TPSA) is 29.5 Å². The lowest BCUT2D eigenvalue weighted by molar-refractivity contribution is 0.668. The van der Waals surface area contributed by atoms with Gasteiger partial charge in [0.2, 0.25) is 0 Å². The van der Waals surface area contributed by atoms with Crippen molar-refractivity contribution in [2.75, 3.05) is 4.90 Å². The van der Waals surface area contributed by atoms with Gasteiger partial charge in [-0.2, -0.15) is 0 Å². The van der Waals surface area contributed by atoms with E-state index >= 15 is 0 Å². The SMILES string of the molecule is c1ccc(-c2cccc3c2sc2c(N(c4cccc5c4oc4ccccc45)c4cccc5oc6ccccc6c45)cccc23)cc1. The normalized spacial score (nSPS) is 11.9. The highest BCUT2D eigenvalue weighted by Gasteiger charge is 2.25. The Morgan fingerprint density at radius 2 is 0.978 bits per heavy atom. The molecular weight excluding hydrogens is 583 g/mol. The number of para-hydroxylation sites is 3. The van der Waals surface area contributed by atoms with Crippen molar-refractivity contribution in [3.05, 3.63) is 152 Å². The summed E-state index contributed by atoms with van der Waals surface area (Å²) in [7, 11) is 0. The number of rotatable bonds is 4. The van der Waals surface area contributed by atoms with Crippen LogP contribution in [0, 0.1) is 0 Å². The minimum Gasteiger partial charge on any atom is -0.456 e. The van der Waals surface area contributed by atoms with Crippen LogP contribution in [0.4, 0.5) is 17.1 Å². The molecule has 0 fully saturated rings. The maximum absolute atomic E-state index is 6.67. The minimum atomic E-state index is 0.857. The van der Waals surface area contributed by atoms with Gasteiger partial charge in [-0.1, -0.05) is 115 Å². The largest absolute Gasteiger partial charge is 0.456 e. The van der Waals surface area contributed by atoms with Crippen molar-refractivity contribution in [2.45, 2.75) is 0 Å². The Labute approximate surface area is 268 Å². The first kappa shape index (κ1) is 25.5. The van der Waals surface area contributed by atoms with Gasteiger partial charge in [-0.15, -0.1) is 11.3 Å². The summed E-state index contributed by atoms with van der Waals surface area (Å²) in [5.41, 5.74) is 9.07. The molecule has 0 unspecified atom stereocenters. The van der Waals surface area contributed by atoms with Gasteiger partial charge in [0.1, 0.15) is 16.7 Å². The highest BCUT2D eigenvalue weighted by molar-refractivity contribution is 7.27. The fourth-order valence-corrected chi connectivity index (χ4v) is 8.41. The number of hydrogen-bond donors (Lipinski definition) is 0. The molecule has 0 spiro atoms. The van der Waals surface area contributed by atoms with Crippen LogP contribution >= 0.6 is 11.3 Å². The first-order chi connectivity index (χ1) is 22.8. The molecule has 0 aliphatic heterocycles. The lowest BCUT2D eigenvalue weighted by Crippen LogP contribution is -2.10. The standard InChI is InChI=1S/C42H25NO2S/c1-2-12-26(13-3-1)27-16-8-18-30-31-19-10-22-35(42(31)46-41(27)30)43(33-20-11-25-38-39(33)32-15-5-7-24-37(32)44-38)34-21-9-17-29-28-14-4-6-23-36(28)45-40(29)34/h1-25H. The Morgan fingerprint density at radius 1 is 0.391 bits per heavy atom. The van der Waals surface area contributed by atoms with Gasteiger partial charge in [0, 0.05) is 31.6 Å². The van der Waals surface area contributed by atoms with Crippen LogP contribution in [-0.2, 0) is 0 Å². The number of thiophene rings is 1. The molecule has 0 aliphatic rings. The number of furan rings is 2. The predicted molar refractivity (Wildman–Crippen MR) is 194 cm³/mol. The summed E-state index contributed by atoms with van der Waals surface area (Å²) in [5.74, 6) is 0. The molecule has 3 aromatic heterocycles. The van der Waals surface area contributed by atoms with Gasteiger partial charge in [-0.25, -0.2) is 0 Å². The zero-order chi connectivity index (χ0) is 30.2. The monoisotopic (exact) mass is 607 g/mol. The van der Waals surface area contributed by atoms with E-state index in [1.807, 2.05) is 35.6 Å². The van der Waals surface area contributed by atoms with Crippen LogP contribution in [0.3, 0.4) is 0 Å². The molecule has 46 heavy (non-hydrogen) atoms. The van der Waals surface area contributed by atoms with Crippen molar-refractivity contribution in [2.24, 2.45) is 0 Å². The zero-order valence-corrected chi connectivity index (χ0v) is 25.4. The third-order valence-corrected chi connectivity index (χ3v) is 10.4. The summed E-state index contributed by atoms with van der Waals surface area (Å²) in [6.45, 7) is 0. The summed E-state index contributed by atoms with van der Waals surface area (Å²) < 4.78 is 15.6. The number of hydrogen-bond acceptors (Lipinski definition) is 4. The smallest absolute Gasteiger partial charge is 0.159 e. The van der Waals surface area contributed by atoms with Crippen LogP contribution in [0.15, 0.2) is 160 Å². The number of benzene rings is 7. The Balaban J connectivity index is 1.34. The fourth-order valence-electron chi connectivity index (χ4n) is 7.07. The summed E-state index contributed by atoms with van der Waals surface area (Å²) in [4.78, 5) is 2.38. The summed E-state index contributed by atoms with van der Waals surface area (Å²) in [6, 6.07) is 53.4. The maximum Gasteiger partial charge on any atom is 0.159 e. The number of fused-ring (bicyclic) bond motifs is 9. The van der Waals surface area contributed by atoms with Crippen LogP contribution in [0.2, 0.25) is 0 Å². The van der Waals surface area contributed by atoms with Crippen molar-refractivity contribution in [3.8, 4) is 11.1 Å². The Hall–Kier alpha value is -5.84. The highest BCUT2D eigenvalue weighted by atomic mass is 32.1. The molecule has 10 rings (SSSR count). The second-order valence-corrected chi connectivity index (χ2v) is 12.7. The molecule has 0 bridgehead atoms. The molecule has 4 heteroatoms. The maximum atomic E-state index is 6.67. The molecule has 216 valence electrons. The molecule has 0 aliphatic carbocycles. The molecule has 0 saturated heterocycles. The molecule has 7 aromatic carbocycles. The molecule has 10 aromatic rings. The van der Waals surface area contributed by atoms with Crippen molar-refractivity contribution < 1.29 is 8.83 Å². The molecule has 0 atom stereocenters. The molecule has 0 amide bonds. The second-order valence-electron chi connectivity index (χ2n) is 11.6. The minimum absolute atomic E-state index is 0.857. The van der Waals surface area contributed by atoms with Crippen molar-refractivity contribution >= 4 is 92.4 Å². The van der Waals surface area contributed by atoms with Crippen molar-refractivity contribution in [1.82, 2.24) is 0 Å². The van der Waals surface area contributed by atoms with Gasteiger partial charge >= 0.3 is 0 Å². The molecule has 3 nitrogen and oxygen atoms in total. The quantitative estimate of drug-likeness (QED) is 0.199. The van der Waals surface area contributed by atoms with Gasteiger partial charge in [-0.3, -0.25) is 0 Å². The van der Waals surface area contributed by atoms with Crippen LogP contribution in [0.5, 0.6) is 0 Å². The Morgan fingerprint density at radius 3 is 1.83 bits per heavy atom. The fraction of sp³-hybridized carbons (Fsp3) is 0. The van der Waals surface area contributed by atoms with E-state index in [9.17, 15) is 0 Å². The molecule has 0 N–H and O–H groups in total. The third kappa shape index (κ3) is 3.65. The van der Waals surface area contributed by atoms with E-state index in [1.165, 1.54) is 31.3 Å². The van der Waals surface area contributed by atoms with Crippen LogP contribution < -0.4 is 4.90 Å². The Kier molecular flexibility index (Phi) is 5.45. The van der Waals surface area contributed by atoms with Gasteiger partial charge < -0.3 is 13.7 Å². The van der Waals surface area contributed by atoms with E-state index in [4.69, 9.17) is 8.83 Å². The molecule has 0 radical (unpaired) electrons. The van der Waals surface area contributed by atoms with Crippen LogP contribution in [0.25, 0.3) is 75.2 Å². The van der Waals surface area contributed by atoms with Gasteiger partial charge in [0.25, 0.3) is 0 Å². The van der Waals surface area contributed by atoms with Crippen molar-refractivity contribution in [3.63, 3.8) is 0 Å². The number of nitrogens with zero attached hydrogens (tertiary/aromatic N) is 1. The molecular formula is C42H25NO2S. The van der Waals surface area contributed by atoms with E-state index < -0.39 is 0 Å². The molecule has 3 heterocycles. The second kappa shape index (κ2) is 9.83. The van der Waals surface area contributed by atoms with Crippen LogP contribution in [0.1, 0.15) is 0 Å². The highest BCUT2D eigenvalue weighted by Crippen LogP contribution is 2.51. The average molecular weight is 608 g/mol. The summed E-state index contributed by atoms with van der Waals surface area (Å²) in [6.07, 6.45) is 0. The lowest BCUT2D eigenvalue weighted by atomic mass is 10.0. The third-order valence-electron chi connectivity index (χ3n) is 9.08. The van der Waals surface area contributed by atoms with E-state index in [1.54, 1.807) is 0 Å². The first-order valence-electron chi connectivity index (χ1n) is 15.4. The van der Waals surface area contributed by atoms with Gasteiger partial charge in [0.15, 0.2) is 5.58 Å². The summed E-state index contributed by atoms with van der Waals surface area (Å²) >= 11 is 1.85. The molecule has 0 saturated carbocycles. The van der Waals surface area contributed by atoms with Crippen molar-refractivity contribution in [1.29, 1.82) is 0 Å². The van der Waals surface area contributed by atoms with E-state index in [2.05, 4.69) is 132 Å². The predicted octanol–water partition coefficient (Wildman–Crippen LogP) is 13.0.